The van der Waals surface area contributed by atoms with Crippen molar-refractivity contribution in [3.63, 3.8) is 0 Å². The Hall–Kier alpha value is -3.65. The highest BCUT2D eigenvalue weighted by Gasteiger charge is 2.29. The summed E-state index contributed by atoms with van der Waals surface area (Å²) in [7, 11) is 0. The van der Waals surface area contributed by atoms with Gasteiger partial charge in [0, 0.05) is 31.2 Å². The van der Waals surface area contributed by atoms with Crippen LogP contribution in [0.1, 0.15) is 16.6 Å². The standard InChI is InChI=1S/C24H24N4O3S/c1-3-20(29)27-13-14-28(16(2)15-27)24-26-21(22(32-24)23(25)30)17-9-11-19(12-10-17)31-18-7-5-4-6-8-18/h3-12,16H,1,13-15H2,2H3,(H2,25,30)/t16-/m0/s1. The normalized spacial score (nSPS) is 16.0. The first-order valence-electron chi connectivity index (χ1n) is 10.3. The maximum absolute atomic E-state index is 12.1. The van der Waals surface area contributed by atoms with Gasteiger partial charge in [-0.1, -0.05) is 36.1 Å². The van der Waals surface area contributed by atoms with Gasteiger partial charge >= 0.3 is 0 Å². The van der Waals surface area contributed by atoms with Gasteiger partial charge in [0.15, 0.2) is 5.13 Å². The van der Waals surface area contributed by atoms with Gasteiger partial charge in [-0.05, 0) is 49.4 Å². The number of nitrogens with two attached hydrogens (primary N) is 1. The molecule has 2 heterocycles. The van der Waals surface area contributed by atoms with Crippen LogP contribution in [0.25, 0.3) is 11.3 Å². The number of aromatic nitrogens is 1. The van der Waals surface area contributed by atoms with E-state index in [1.54, 1.807) is 4.90 Å². The smallest absolute Gasteiger partial charge is 0.261 e. The number of para-hydroxylation sites is 1. The fraction of sp³-hybridized carbons (Fsp3) is 0.208. The quantitative estimate of drug-likeness (QED) is 0.578. The van der Waals surface area contributed by atoms with Crippen LogP contribution >= 0.6 is 11.3 Å². The second-order valence-electron chi connectivity index (χ2n) is 7.51. The molecule has 2 amide bonds. The molecule has 0 bridgehead atoms. The van der Waals surface area contributed by atoms with Crippen LogP contribution in [0.5, 0.6) is 11.5 Å². The monoisotopic (exact) mass is 448 g/mol. The number of hydrogen-bond acceptors (Lipinski definition) is 6. The van der Waals surface area contributed by atoms with Crippen molar-refractivity contribution in [2.24, 2.45) is 5.73 Å². The molecule has 1 atom stereocenters. The van der Waals surface area contributed by atoms with Gasteiger partial charge in [-0.3, -0.25) is 9.59 Å². The molecule has 0 aliphatic carbocycles. The minimum absolute atomic E-state index is 0.0500. The maximum atomic E-state index is 12.1. The molecule has 1 fully saturated rings. The fourth-order valence-corrected chi connectivity index (χ4v) is 4.74. The molecule has 7 nitrogen and oxygen atoms in total. The van der Waals surface area contributed by atoms with E-state index < -0.39 is 5.91 Å². The molecular formula is C24H24N4O3S. The lowest BCUT2D eigenvalue weighted by molar-refractivity contribution is -0.126. The summed E-state index contributed by atoms with van der Waals surface area (Å²) in [6, 6.07) is 17.0. The first kappa shape index (κ1) is 21.6. The van der Waals surface area contributed by atoms with Gasteiger partial charge in [0.05, 0.1) is 5.69 Å². The number of rotatable bonds is 6. The summed E-state index contributed by atoms with van der Waals surface area (Å²) < 4.78 is 5.84. The van der Waals surface area contributed by atoms with Crippen molar-refractivity contribution in [2.75, 3.05) is 24.5 Å². The number of benzene rings is 2. The van der Waals surface area contributed by atoms with Crippen LogP contribution in [0, 0.1) is 0 Å². The summed E-state index contributed by atoms with van der Waals surface area (Å²) >= 11 is 1.28. The number of ether oxygens (including phenoxy) is 1. The number of primary amides is 1. The lowest BCUT2D eigenvalue weighted by Crippen LogP contribution is -2.53. The Morgan fingerprint density at radius 2 is 1.81 bits per heavy atom. The molecule has 1 aliphatic heterocycles. The van der Waals surface area contributed by atoms with E-state index in [2.05, 4.69) is 11.5 Å². The van der Waals surface area contributed by atoms with Gasteiger partial charge in [-0.2, -0.15) is 0 Å². The van der Waals surface area contributed by atoms with Crippen LogP contribution in [0.2, 0.25) is 0 Å². The van der Waals surface area contributed by atoms with E-state index >= 15 is 0 Å². The zero-order chi connectivity index (χ0) is 22.7. The maximum Gasteiger partial charge on any atom is 0.261 e. The van der Waals surface area contributed by atoms with Gasteiger partial charge in [-0.15, -0.1) is 0 Å². The molecule has 1 aromatic heterocycles. The van der Waals surface area contributed by atoms with Crippen molar-refractivity contribution < 1.29 is 14.3 Å². The summed E-state index contributed by atoms with van der Waals surface area (Å²) in [4.78, 5) is 33.1. The first-order valence-corrected chi connectivity index (χ1v) is 11.1. The Bertz CT molecular complexity index is 1130. The van der Waals surface area contributed by atoms with Crippen molar-refractivity contribution >= 4 is 28.3 Å². The average Bonchev–Trinajstić information content (AvgIpc) is 3.25. The molecule has 2 aromatic carbocycles. The SMILES string of the molecule is C=CC(=O)N1CCN(c2nc(-c3ccc(Oc4ccccc4)cc3)c(C(N)=O)s2)[C@@H](C)C1. The fourth-order valence-electron chi connectivity index (χ4n) is 3.67. The molecule has 0 unspecified atom stereocenters. The number of piperazine rings is 1. The van der Waals surface area contributed by atoms with Gasteiger partial charge in [0.2, 0.25) is 5.91 Å². The van der Waals surface area contributed by atoms with E-state index in [4.69, 9.17) is 15.5 Å². The van der Waals surface area contributed by atoms with E-state index in [-0.39, 0.29) is 11.9 Å². The van der Waals surface area contributed by atoms with Crippen molar-refractivity contribution in [1.29, 1.82) is 0 Å². The van der Waals surface area contributed by atoms with E-state index in [0.717, 1.165) is 16.4 Å². The minimum atomic E-state index is -0.513. The van der Waals surface area contributed by atoms with Crippen LogP contribution in [0.4, 0.5) is 5.13 Å². The lowest BCUT2D eigenvalue weighted by atomic mass is 10.1. The van der Waals surface area contributed by atoms with Gasteiger partial charge < -0.3 is 20.3 Å². The van der Waals surface area contributed by atoms with E-state index in [1.165, 1.54) is 17.4 Å². The molecule has 164 valence electrons. The van der Waals surface area contributed by atoms with E-state index in [0.29, 0.717) is 36.0 Å². The number of amides is 2. The average molecular weight is 449 g/mol. The Morgan fingerprint density at radius 3 is 2.44 bits per heavy atom. The number of nitrogens with zero attached hydrogens (tertiary/aromatic N) is 3. The number of carbonyl (C=O) groups excluding carboxylic acids is 2. The van der Waals surface area contributed by atoms with Crippen LogP contribution in [0.3, 0.4) is 0 Å². The zero-order valence-electron chi connectivity index (χ0n) is 17.7. The summed E-state index contributed by atoms with van der Waals surface area (Å²) in [6.45, 7) is 7.35. The predicted octanol–water partition coefficient (Wildman–Crippen LogP) is 3.92. The van der Waals surface area contributed by atoms with Gasteiger partial charge in [-0.25, -0.2) is 4.98 Å². The molecule has 0 spiro atoms. The topological polar surface area (TPSA) is 88.8 Å². The Labute approximate surface area is 190 Å². The first-order chi connectivity index (χ1) is 15.5. The minimum Gasteiger partial charge on any atom is -0.457 e. The molecule has 0 saturated carbocycles. The largest absolute Gasteiger partial charge is 0.457 e. The zero-order valence-corrected chi connectivity index (χ0v) is 18.5. The van der Waals surface area contributed by atoms with Crippen molar-refractivity contribution in [3.05, 3.63) is 72.1 Å². The number of carbonyl (C=O) groups is 2. The second kappa shape index (κ2) is 9.23. The molecule has 2 N–H and O–H groups in total. The number of anilines is 1. The molecule has 4 rings (SSSR count). The summed E-state index contributed by atoms with van der Waals surface area (Å²) in [6.07, 6.45) is 1.33. The lowest BCUT2D eigenvalue weighted by Gasteiger charge is -2.39. The van der Waals surface area contributed by atoms with E-state index in [1.807, 2.05) is 61.5 Å². The highest BCUT2D eigenvalue weighted by Crippen LogP contribution is 2.35. The van der Waals surface area contributed by atoms with Crippen LogP contribution < -0.4 is 15.4 Å². The third kappa shape index (κ3) is 4.50. The van der Waals surface area contributed by atoms with Crippen molar-refractivity contribution in [1.82, 2.24) is 9.88 Å². The third-order valence-electron chi connectivity index (χ3n) is 5.31. The number of hydrogen-bond donors (Lipinski definition) is 1. The molecule has 1 aliphatic rings. The molecule has 1 saturated heterocycles. The molecule has 32 heavy (non-hydrogen) atoms. The van der Waals surface area contributed by atoms with Crippen molar-refractivity contribution in [3.8, 4) is 22.8 Å². The summed E-state index contributed by atoms with van der Waals surface area (Å²) in [5.41, 5.74) is 7.01. The second-order valence-corrected chi connectivity index (χ2v) is 8.49. The molecule has 0 radical (unpaired) electrons. The van der Waals surface area contributed by atoms with Crippen LogP contribution in [-0.2, 0) is 4.79 Å². The Balaban J connectivity index is 1.57. The van der Waals surface area contributed by atoms with Crippen LogP contribution in [-0.4, -0.2) is 47.4 Å². The predicted molar refractivity (Wildman–Crippen MR) is 126 cm³/mol. The van der Waals surface area contributed by atoms with Gasteiger partial charge in [0.25, 0.3) is 5.91 Å². The highest BCUT2D eigenvalue weighted by molar-refractivity contribution is 7.18. The molecule has 8 heteroatoms. The summed E-state index contributed by atoms with van der Waals surface area (Å²) in [5.74, 6) is 0.846. The number of thiazole rings is 1. The van der Waals surface area contributed by atoms with Crippen molar-refractivity contribution in [2.45, 2.75) is 13.0 Å². The highest BCUT2D eigenvalue weighted by atomic mass is 32.1. The van der Waals surface area contributed by atoms with Crippen LogP contribution in [0.15, 0.2) is 67.3 Å². The van der Waals surface area contributed by atoms with E-state index in [9.17, 15) is 9.59 Å². The molecule has 3 aromatic rings. The Morgan fingerprint density at radius 1 is 1.12 bits per heavy atom. The summed E-state index contributed by atoms with van der Waals surface area (Å²) in [5, 5.41) is 0.719. The Kier molecular flexibility index (Phi) is 6.23. The molecular weight excluding hydrogens is 424 g/mol. The third-order valence-corrected chi connectivity index (χ3v) is 6.41. The van der Waals surface area contributed by atoms with Gasteiger partial charge in [0.1, 0.15) is 16.4 Å².